The number of thioether (sulfide) groups is 1. The summed E-state index contributed by atoms with van der Waals surface area (Å²) in [6, 6.07) is 12.2. The number of ether oxygens (including phenoxy) is 2. The van der Waals surface area contributed by atoms with Crippen LogP contribution in [0.2, 0.25) is 0 Å². The highest BCUT2D eigenvalue weighted by molar-refractivity contribution is 7.99. The highest BCUT2D eigenvalue weighted by atomic mass is 32.2. The van der Waals surface area contributed by atoms with E-state index in [-0.39, 0.29) is 17.0 Å². The van der Waals surface area contributed by atoms with Crippen molar-refractivity contribution in [2.24, 2.45) is 0 Å². The van der Waals surface area contributed by atoms with Gasteiger partial charge in [0.2, 0.25) is 0 Å². The molecule has 1 saturated heterocycles. The molecule has 0 aromatic heterocycles. The number of amides is 1. The predicted molar refractivity (Wildman–Crippen MR) is 102 cm³/mol. The second-order valence-corrected chi connectivity index (χ2v) is 7.31. The molecule has 3 rings (SSSR count). The van der Waals surface area contributed by atoms with Crippen LogP contribution >= 0.6 is 11.8 Å². The van der Waals surface area contributed by atoms with E-state index in [1.54, 1.807) is 43.1 Å². The Morgan fingerprint density at radius 1 is 1.12 bits per heavy atom. The van der Waals surface area contributed by atoms with Crippen molar-refractivity contribution in [2.45, 2.75) is 11.7 Å². The van der Waals surface area contributed by atoms with Gasteiger partial charge < -0.3 is 14.4 Å². The number of hydrogen-bond acceptors (Lipinski definition) is 4. The molecule has 1 amide bonds. The second-order valence-electron chi connectivity index (χ2n) is 6.00. The van der Waals surface area contributed by atoms with E-state index in [4.69, 9.17) is 9.47 Å². The standard InChI is InChI=1S/C20H22FNO3S/c1-24-17-9-5-7-15(19(17)25-2)20(23)22-11-10-18(26-13-12-22)14-6-3-4-8-16(14)21/h3-9,18H,10-13H2,1-2H3. The van der Waals surface area contributed by atoms with Gasteiger partial charge in [-0.2, -0.15) is 11.8 Å². The largest absolute Gasteiger partial charge is 0.493 e. The molecular weight excluding hydrogens is 353 g/mol. The van der Waals surface area contributed by atoms with Crippen molar-refractivity contribution in [3.05, 3.63) is 59.4 Å². The molecule has 4 nitrogen and oxygen atoms in total. The van der Waals surface area contributed by atoms with E-state index < -0.39 is 0 Å². The van der Waals surface area contributed by atoms with Crippen LogP contribution in [0.15, 0.2) is 42.5 Å². The number of nitrogens with zero attached hydrogens (tertiary/aromatic N) is 1. The van der Waals surface area contributed by atoms with Crippen molar-refractivity contribution in [3.63, 3.8) is 0 Å². The Bertz CT molecular complexity index is 783. The average Bonchev–Trinajstić information content (AvgIpc) is 2.93. The maximum atomic E-state index is 14.1. The van der Waals surface area contributed by atoms with Crippen molar-refractivity contribution in [1.82, 2.24) is 4.90 Å². The van der Waals surface area contributed by atoms with Gasteiger partial charge in [-0.15, -0.1) is 0 Å². The van der Waals surface area contributed by atoms with Gasteiger partial charge in [-0.05, 0) is 24.6 Å². The van der Waals surface area contributed by atoms with Crippen molar-refractivity contribution < 1.29 is 18.7 Å². The highest BCUT2D eigenvalue weighted by Gasteiger charge is 2.26. The third kappa shape index (κ3) is 3.80. The Balaban J connectivity index is 1.77. The van der Waals surface area contributed by atoms with E-state index in [1.165, 1.54) is 13.2 Å². The monoisotopic (exact) mass is 375 g/mol. The number of halogens is 1. The molecule has 2 aromatic carbocycles. The third-order valence-corrected chi connectivity index (χ3v) is 5.82. The van der Waals surface area contributed by atoms with E-state index in [0.29, 0.717) is 42.1 Å². The number of hydrogen-bond donors (Lipinski definition) is 0. The van der Waals surface area contributed by atoms with Crippen molar-refractivity contribution in [1.29, 1.82) is 0 Å². The molecule has 0 spiro atoms. The molecule has 0 saturated carbocycles. The van der Waals surface area contributed by atoms with E-state index >= 15 is 0 Å². The van der Waals surface area contributed by atoms with E-state index in [0.717, 1.165) is 5.75 Å². The molecule has 2 aromatic rings. The Morgan fingerprint density at radius 3 is 2.65 bits per heavy atom. The third-order valence-electron chi connectivity index (χ3n) is 4.51. The summed E-state index contributed by atoms with van der Waals surface area (Å²) in [5.41, 5.74) is 1.20. The molecular formula is C20H22FNO3S. The average molecular weight is 375 g/mol. The van der Waals surface area contributed by atoms with Gasteiger partial charge in [0.25, 0.3) is 5.91 Å². The van der Waals surface area contributed by atoms with Crippen LogP contribution in [-0.2, 0) is 0 Å². The summed E-state index contributed by atoms with van der Waals surface area (Å²) < 4.78 is 24.8. The van der Waals surface area contributed by atoms with E-state index in [2.05, 4.69) is 0 Å². The Kier molecular flexibility index (Phi) is 6.04. The Labute approximate surface area is 157 Å². The molecule has 1 aliphatic rings. The molecule has 26 heavy (non-hydrogen) atoms. The summed E-state index contributed by atoms with van der Waals surface area (Å²) in [6.07, 6.45) is 0.712. The normalized spacial score (nSPS) is 17.5. The quantitative estimate of drug-likeness (QED) is 0.804. The summed E-state index contributed by atoms with van der Waals surface area (Å²) in [7, 11) is 3.08. The number of rotatable bonds is 4. The smallest absolute Gasteiger partial charge is 0.257 e. The molecule has 1 unspecified atom stereocenters. The maximum absolute atomic E-state index is 14.1. The zero-order valence-electron chi connectivity index (χ0n) is 14.9. The van der Waals surface area contributed by atoms with Crippen LogP contribution in [0, 0.1) is 5.82 Å². The second kappa shape index (κ2) is 8.45. The highest BCUT2D eigenvalue weighted by Crippen LogP contribution is 2.37. The van der Waals surface area contributed by atoms with Gasteiger partial charge in [0.15, 0.2) is 11.5 Å². The fourth-order valence-electron chi connectivity index (χ4n) is 3.18. The SMILES string of the molecule is COc1cccc(C(=O)N2CCSC(c3ccccc3F)CC2)c1OC. The molecule has 1 heterocycles. The van der Waals surface area contributed by atoms with E-state index in [1.807, 2.05) is 17.0 Å². The summed E-state index contributed by atoms with van der Waals surface area (Å²) in [5.74, 6) is 1.47. The minimum absolute atomic E-state index is 0.0567. The summed E-state index contributed by atoms with van der Waals surface area (Å²) in [6.45, 7) is 1.19. The molecule has 0 radical (unpaired) electrons. The summed E-state index contributed by atoms with van der Waals surface area (Å²) in [4.78, 5) is 14.8. The van der Waals surface area contributed by atoms with Gasteiger partial charge in [0.1, 0.15) is 5.82 Å². The lowest BCUT2D eigenvalue weighted by Gasteiger charge is -2.22. The van der Waals surface area contributed by atoms with Crippen molar-refractivity contribution in [2.75, 3.05) is 33.1 Å². The van der Waals surface area contributed by atoms with Gasteiger partial charge in [0, 0.05) is 29.7 Å². The predicted octanol–water partition coefficient (Wildman–Crippen LogP) is 4.16. The fourth-order valence-corrected chi connectivity index (χ4v) is 4.44. The van der Waals surface area contributed by atoms with Gasteiger partial charge in [-0.3, -0.25) is 4.79 Å². The number of benzene rings is 2. The van der Waals surface area contributed by atoms with Crippen LogP contribution in [-0.4, -0.2) is 43.9 Å². The van der Waals surface area contributed by atoms with Crippen LogP contribution < -0.4 is 9.47 Å². The molecule has 0 N–H and O–H groups in total. The molecule has 138 valence electrons. The van der Waals surface area contributed by atoms with Crippen LogP contribution in [0.5, 0.6) is 11.5 Å². The van der Waals surface area contributed by atoms with Crippen LogP contribution in [0.4, 0.5) is 4.39 Å². The molecule has 1 fully saturated rings. The first-order chi connectivity index (χ1) is 12.7. The van der Waals surface area contributed by atoms with Crippen molar-refractivity contribution >= 4 is 17.7 Å². The molecule has 1 atom stereocenters. The van der Waals surface area contributed by atoms with Gasteiger partial charge >= 0.3 is 0 Å². The molecule has 6 heteroatoms. The fraction of sp³-hybridized carbons (Fsp3) is 0.350. The maximum Gasteiger partial charge on any atom is 0.257 e. The van der Waals surface area contributed by atoms with Gasteiger partial charge in [0.05, 0.1) is 19.8 Å². The minimum Gasteiger partial charge on any atom is -0.493 e. The zero-order chi connectivity index (χ0) is 18.5. The Hall–Kier alpha value is -2.21. The Morgan fingerprint density at radius 2 is 1.92 bits per heavy atom. The zero-order valence-corrected chi connectivity index (χ0v) is 15.7. The molecule has 0 aliphatic carbocycles. The topological polar surface area (TPSA) is 38.8 Å². The first kappa shape index (κ1) is 18.6. The number of carbonyl (C=O) groups excluding carboxylic acids is 1. The number of methoxy groups -OCH3 is 2. The van der Waals surface area contributed by atoms with E-state index in [9.17, 15) is 9.18 Å². The van der Waals surface area contributed by atoms with Crippen LogP contribution in [0.25, 0.3) is 0 Å². The van der Waals surface area contributed by atoms with Crippen molar-refractivity contribution in [3.8, 4) is 11.5 Å². The summed E-state index contributed by atoms with van der Waals surface area (Å²) >= 11 is 1.70. The van der Waals surface area contributed by atoms with Gasteiger partial charge in [-0.25, -0.2) is 4.39 Å². The lowest BCUT2D eigenvalue weighted by atomic mass is 10.1. The first-order valence-corrected chi connectivity index (χ1v) is 9.57. The number of para-hydroxylation sites is 1. The lowest BCUT2D eigenvalue weighted by molar-refractivity contribution is 0.0762. The van der Waals surface area contributed by atoms with Crippen LogP contribution in [0.1, 0.15) is 27.6 Å². The lowest BCUT2D eigenvalue weighted by Crippen LogP contribution is -2.33. The molecule has 0 bridgehead atoms. The minimum atomic E-state index is -0.181. The van der Waals surface area contributed by atoms with Gasteiger partial charge in [-0.1, -0.05) is 24.3 Å². The first-order valence-electron chi connectivity index (χ1n) is 8.52. The van der Waals surface area contributed by atoms with Crippen LogP contribution in [0.3, 0.4) is 0 Å². The summed E-state index contributed by atoms with van der Waals surface area (Å²) in [5, 5.41) is 0.0567. The molecule has 1 aliphatic heterocycles. The number of carbonyl (C=O) groups is 1.